The summed E-state index contributed by atoms with van der Waals surface area (Å²) in [6, 6.07) is 127. The van der Waals surface area contributed by atoms with Gasteiger partial charge in [0.2, 0.25) is 0 Å². The quantitative estimate of drug-likeness (QED) is 0.0849. The Labute approximate surface area is 553 Å². The van der Waals surface area contributed by atoms with Crippen LogP contribution in [-0.4, -0.2) is 6.04 Å². The van der Waals surface area contributed by atoms with Gasteiger partial charge in [0.05, 0.1) is 6.04 Å². The number of anilines is 10. The Morgan fingerprint density at radius 2 is 0.457 bits per heavy atom. The topological polar surface area (TPSA) is 13.0 Å². The SMILES string of the molecule is C1=CC(N(c2ccccc2)c2ccc(-c3ccc(-c4ccc(N(c5ccccc5)c5ccc(-c6ccc(N(c7ccccc7)c7ccc(-c8ccccc8)cc7)cc6)cc5)cc4)cc3)cc2)CC=C1C1C=CC(N(c2ccccc2)c2ccc(-c3ccccc3)cc2)=CC1. The number of rotatable bonds is 18. The lowest BCUT2D eigenvalue weighted by Gasteiger charge is -2.34. The number of hydrogen-bond acceptors (Lipinski definition) is 4. The summed E-state index contributed by atoms with van der Waals surface area (Å²) in [5.74, 6) is 0.307. The molecule has 94 heavy (non-hydrogen) atoms. The van der Waals surface area contributed by atoms with Crippen LogP contribution in [0.1, 0.15) is 12.8 Å². The van der Waals surface area contributed by atoms with Crippen molar-refractivity contribution in [3.63, 3.8) is 0 Å². The smallest absolute Gasteiger partial charge is 0.0560 e. The summed E-state index contributed by atoms with van der Waals surface area (Å²) in [7, 11) is 0. The van der Waals surface area contributed by atoms with Crippen molar-refractivity contribution in [3.05, 3.63) is 400 Å². The standard InChI is InChI=1S/C90H70N4/c1-7-19-67(20-8-1)71-35-51-83(52-36-71)91(79-23-11-3-12-24-79)87-59-43-75(44-60-87)77-47-63-89(64-48-77)93(81-27-15-5-16-28-81)85-55-39-73(40-56-85)69-31-33-70(34-32-69)74-41-57-86(58-42-74)94(82-29-17-6-18-30-82)90-65-49-78(50-66-90)76-45-61-88(62-46-76)92(80-25-13-4-14-26-80)84-53-37-72(38-54-84)68-21-9-2-10-22-68/h1-45,47-65,76,90H,46,66H2. The van der Waals surface area contributed by atoms with Crippen LogP contribution in [0.4, 0.5) is 56.9 Å². The van der Waals surface area contributed by atoms with E-state index in [4.69, 9.17) is 0 Å². The minimum absolute atomic E-state index is 0.165. The molecule has 4 nitrogen and oxygen atoms in total. The zero-order chi connectivity index (χ0) is 62.8. The molecular formula is C90H70N4. The summed E-state index contributed by atoms with van der Waals surface area (Å²) in [6.07, 6.45) is 16.2. The van der Waals surface area contributed by atoms with Crippen LogP contribution in [0.5, 0.6) is 0 Å². The lowest BCUT2D eigenvalue weighted by molar-refractivity contribution is 0.727. The Morgan fingerprint density at radius 1 is 0.202 bits per heavy atom. The first-order valence-electron chi connectivity index (χ1n) is 32.6. The fourth-order valence-corrected chi connectivity index (χ4v) is 13.3. The van der Waals surface area contributed by atoms with E-state index in [1.54, 1.807) is 0 Å². The third-order valence-corrected chi connectivity index (χ3v) is 18.2. The highest BCUT2D eigenvalue weighted by atomic mass is 15.2. The van der Waals surface area contributed by atoms with Crippen molar-refractivity contribution in [1.82, 2.24) is 0 Å². The molecule has 0 N–H and O–H groups in total. The third-order valence-electron chi connectivity index (χ3n) is 18.2. The highest BCUT2D eigenvalue weighted by Crippen LogP contribution is 2.42. The molecule has 0 spiro atoms. The van der Waals surface area contributed by atoms with Crippen molar-refractivity contribution < 1.29 is 0 Å². The van der Waals surface area contributed by atoms with E-state index in [1.165, 1.54) is 67.2 Å². The number of para-hydroxylation sites is 4. The van der Waals surface area contributed by atoms with E-state index >= 15 is 0 Å². The molecule has 0 saturated carbocycles. The summed E-state index contributed by atoms with van der Waals surface area (Å²) >= 11 is 0. The van der Waals surface area contributed by atoms with Crippen molar-refractivity contribution in [2.45, 2.75) is 18.9 Å². The molecular weight excluding hydrogens is 1140 g/mol. The molecule has 0 heterocycles. The van der Waals surface area contributed by atoms with Gasteiger partial charge in [0.25, 0.3) is 0 Å². The Hall–Kier alpha value is -12.0. The average Bonchev–Trinajstić information content (AvgIpc) is 0.989. The van der Waals surface area contributed by atoms with Crippen molar-refractivity contribution in [2.75, 3.05) is 19.6 Å². The highest BCUT2D eigenvalue weighted by Gasteiger charge is 2.25. The largest absolute Gasteiger partial charge is 0.334 e. The average molecular weight is 1210 g/mol. The van der Waals surface area contributed by atoms with E-state index < -0.39 is 0 Å². The molecule has 0 amide bonds. The van der Waals surface area contributed by atoms with Crippen molar-refractivity contribution in [1.29, 1.82) is 0 Å². The molecule has 0 aliphatic heterocycles. The van der Waals surface area contributed by atoms with Crippen LogP contribution in [0.2, 0.25) is 0 Å². The lowest BCUT2D eigenvalue weighted by atomic mass is 9.86. The molecule has 13 aromatic carbocycles. The molecule has 2 aliphatic carbocycles. The number of nitrogens with zero attached hydrogens (tertiary/aromatic N) is 4. The van der Waals surface area contributed by atoms with E-state index in [1.807, 2.05) is 0 Å². The molecule has 15 rings (SSSR count). The van der Waals surface area contributed by atoms with Gasteiger partial charge in [-0.15, -0.1) is 0 Å². The maximum Gasteiger partial charge on any atom is 0.0560 e. The fourth-order valence-electron chi connectivity index (χ4n) is 13.3. The minimum atomic E-state index is 0.165. The normalized spacial score (nSPS) is 14.1. The molecule has 450 valence electrons. The number of allylic oxidation sites excluding steroid dienone is 5. The number of hydrogen-bond donors (Lipinski definition) is 0. The van der Waals surface area contributed by atoms with E-state index in [0.29, 0.717) is 5.92 Å². The summed E-state index contributed by atoms with van der Waals surface area (Å²) < 4.78 is 0. The van der Waals surface area contributed by atoms with Gasteiger partial charge in [0.1, 0.15) is 0 Å². The van der Waals surface area contributed by atoms with E-state index in [0.717, 1.165) is 69.5 Å². The van der Waals surface area contributed by atoms with E-state index in [-0.39, 0.29) is 6.04 Å². The Balaban J connectivity index is 0.609. The predicted molar refractivity (Wildman–Crippen MR) is 398 cm³/mol. The second-order valence-corrected chi connectivity index (χ2v) is 24.0. The monoisotopic (exact) mass is 1210 g/mol. The van der Waals surface area contributed by atoms with Gasteiger partial charge in [-0.3, -0.25) is 0 Å². The Bertz CT molecular complexity index is 4740. The Morgan fingerprint density at radius 3 is 0.766 bits per heavy atom. The minimum Gasteiger partial charge on any atom is -0.334 e. The van der Waals surface area contributed by atoms with Crippen LogP contribution in [-0.2, 0) is 0 Å². The van der Waals surface area contributed by atoms with Gasteiger partial charge >= 0.3 is 0 Å². The third kappa shape index (κ3) is 12.7. The van der Waals surface area contributed by atoms with Gasteiger partial charge < -0.3 is 19.6 Å². The second-order valence-electron chi connectivity index (χ2n) is 24.0. The van der Waals surface area contributed by atoms with Crippen molar-refractivity contribution in [3.8, 4) is 55.6 Å². The molecule has 2 unspecified atom stereocenters. The predicted octanol–water partition coefficient (Wildman–Crippen LogP) is 24.7. The van der Waals surface area contributed by atoms with Gasteiger partial charge in [-0.05, 0) is 201 Å². The second kappa shape index (κ2) is 27.2. The van der Waals surface area contributed by atoms with Gasteiger partial charge in [0, 0.05) is 68.5 Å². The maximum atomic E-state index is 2.48. The molecule has 2 aliphatic rings. The van der Waals surface area contributed by atoms with Crippen LogP contribution in [0.25, 0.3) is 55.6 Å². The highest BCUT2D eigenvalue weighted by molar-refractivity contribution is 5.84. The molecule has 0 radical (unpaired) electrons. The summed E-state index contributed by atoms with van der Waals surface area (Å²) in [6.45, 7) is 0. The Kier molecular flexibility index (Phi) is 16.9. The first-order chi connectivity index (χ1) is 46.6. The van der Waals surface area contributed by atoms with Crippen LogP contribution < -0.4 is 19.6 Å². The van der Waals surface area contributed by atoms with Crippen LogP contribution in [0.15, 0.2) is 400 Å². The molecule has 13 aromatic rings. The fraction of sp³-hybridized carbons (Fsp3) is 0.0444. The molecule has 2 atom stereocenters. The molecule has 0 aromatic heterocycles. The lowest BCUT2D eigenvalue weighted by Crippen LogP contribution is -2.30. The zero-order valence-electron chi connectivity index (χ0n) is 52.3. The zero-order valence-corrected chi connectivity index (χ0v) is 52.3. The van der Waals surface area contributed by atoms with Crippen LogP contribution in [0.3, 0.4) is 0 Å². The molecule has 0 saturated heterocycles. The molecule has 0 fully saturated rings. The summed E-state index contributed by atoms with van der Waals surface area (Å²) in [4.78, 5) is 9.50. The van der Waals surface area contributed by atoms with Gasteiger partial charge in [-0.2, -0.15) is 0 Å². The van der Waals surface area contributed by atoms with Crippen molar-refractivity contribution >= 4 is 56.9 Å². The number of benzene rings is 13. The van der Waals surface area contributed by atoms with E-state index in [2.05, 4.69) is 408 Å². The first kappa shape index (κ1) is 58.4. The first-order valence-corrected chi connectivity index (χ1v) is 32.6. The van der Waals surface area contributed by atoms with Gasteiger partial charge in [-0.25, -0.2) is 0 Å². The van der Waals surface area contributed by atoms with Gasteiger partial charge in [0.15, 0.2) is 0 Å². The molecule has 4 heteroatoms. The summed E-state index contributed by atoms with van der Waals surface area (Å²) in [5.41, 5.74) is 25.6. The summed E-state index contributed by atoms with van der Waals surface area (Å²) in [5, 5.41) is 0. The van der Waals surface area contributed by atoms with Crippen LogP contribution >= 0.6 is 0 Å². The van der Waals surface area contributed by atoms with Crippen molar-refractivity contribution in [2.24, 2.45) is 5.92 Å². The maximum absolute atomic E-state index is 2.48. The van der Waals surface area contributed by atoms with E-state index in [9.17, 15) is 0 Å². The van der Waals surface area contributed by atoms with Gasteiger partial charge in [-0.1, -0.05) is 261 Å². The van der Waals surface area contributed by atoms with Crippen LogP contribution in [0, 0.1) is 5.92 Å². The molecule has 0 bridgehead atoms.